The number of hydrogen-bond acceptors (Lipinski definition) is 2. The summed E-state index contributed by atoms with van der Waals surface area (Å²) in [5, 5.41) is 5.35. The first-order valence-electron chi connectivity index (χ1n) is 6.48. The predicted octanol–water partition coefficient (Wildman–Crippen LogP) is 1.89. The van der Waals surface area contributed by atoms with E-state index in [1.165, 1.54) is 36.1 Å². The van der Waals surface area contributed by atoms with Gasteiger partial charge >= 0.3 is 6.03 Å². The molecule has 0 saturated carbocycles. The molecule has 0 aromatic heterocycles. The van der Waals surface area contributed by atoms with Crippen LogP contribution in [0.5, 0.6) is 0 Å². The molecule has 0 heterocycles. The minimum atomic E-state index is -0.355. The molecule has 1 aromatic rings. The Kier molecular flexibility index (Phi) is 5.96. The van der Waals surface area contributed by atoms with Crippen molar-refractivity contribution < 1.29 is 14.0 Å². The van der Waals surface area contributed by atoms with Gasteiger partial charge in [0.15, 0.2) is 0 Å². The van der Waals surface area contributed by atoms with E-state index < -0.39 is 0 Å². The molecule has 0 aliphatic heterocycles. The van der Waals surface area contributed by atoms with E-state index in [2.05, 4.69) is 10.6 Å². The van der Waals surface area contributed by atoms with Gasteiger partial charge < -0.3 is 15.5 Å². The van der Waals surface area contributed by atoms with Crippen molar-refractivity contribution in [2.75, 3.05) is 18.0 Å². The van der Waals surface area contributed by atoms with Crippen LogP contribution in [0.2, 0.25) is 0 Å². The summed E-state index contributed by atoms with van der Waals surface area (Å²) in [4.78, 5) is 24.5. The molecule has 0 atom stereocenters. The van der Waals surface area contributed by atoms with Crippen LogP contribution in [0.1, 0.15) is 20.8 Å². The van der Waals surface area contributed by atoms with E-state index in [4.69, 9.17) is 0 Å². The van der Waals surface area contributed by atoms with Crippen molar-refractivity contribution in [1.82, 2.24) is 10.6 Å². The van der Waals surface area contributed by atoms with Gasteiger partial charge in [0.1, 0.15) is 5.82 Å². The summed E-state index contributed by atoms with van der Waals surface area (Å²) in [7, 11) is 0. The number of amides is 3. The van der Waals surface area contributed by atoms with E-state index in [1.54, 1.807) is 0 Å². The summed E-state index contributed by atoms with van der Waals surface area (Å²) < 4.78 is 12.9. The van der Waals surface area contributed by atoms with Gasteiger partial charge in [0.05, 0.1) is 0 Å². The number of urea groups is 1. The molecule has 0 saturated heterocycles. The first kappa shape index (κ1) is 15.9. The van der Waals surface area contributed by atoms with Crippen molar-refractivity contribution >= 4 is 17.6 Å². The third kappa shape index (κ3) is 5.26. The number of halogens is 1. The number of carbonyl (C=O) groups excluding carboxylic acids is 2. The van der Waals surface area contributed by atoms with Gasteiger partial charge in [-0.2, -0.15) is 0 Å². The second-order valence-corrected chi connectivity index (χ2v) is 4.70. The van der Waals surface area contributed by atoms with Crippen LogP contribution >= 0.6 is 0 Å². The van der Waals surface area contributed by atoms with Gasteiger partial charge in [-0.3, -0.25) is 4.79 Å². The highest BCUT2D eigenvalue weighted by molar-refractivity contribution is 5.91. The van der Waals surface area contributed by atoms with Crippen LogP contribution in [-0.2, 0) is 4.79 Å². The van der Waals surface area contributed by atoms with Crippen LogP contribution in [0.4, 0.5) is 14.9 Å². The van der Waals surface area contributed by atoms with Gasteiger partial charge in [0.2, 0.25) is 5.91 Å². The van der Waals surface area contributed by atoms with E-state index in [0.717, 1.165) is 0 Å². The molecule has 6 heteroatoms. The van der Waals surface area contributed by atoms with Crippen LogP contribution in [0.3, 0.4) is 0 Å². The van der Waals surface area contributed by atoms with Crippen LogP contribution in [-0.4, -0.2) is 31.1 Å². The normalized spacial score (nSPS) is 10.2. The van der Waals surface area contributed by atoms with Crippen molar-refractivity contribution in [3.8, 4) is 0 Å². The van der Waals surface area contributed by atoms with Crippen LogP contribution < -0.4 is 15.5 Å². The number of hydrogen-bond donors (Lipinski definition) is 2. The zero-order valence-corrected chi connectivity index (χ0v) is 11.9. The second-order valence-electron chi connectivity index (χ2n) is 4.70. The molecular formula is C14H20FN3O2. The number of anilines is 1. The maximum atomic E-state index is 12.9. The van der Waals surface area contributed by atoms with E-state index >= 15 is 0 Å². The third-order valence-electron chi connectivity index (χ3n) is 2.56. The van der Waals surface area contributed by atoms with Gasteiger partial charge in [-0.25, -0.2) is 9.18 Å². The minimum Gasteiger partial charge on any atom is -0.336 e. The molecule has 110 valence electrons. The Hall–Kier alpha value is -2.11. The quantitative estimate of drug-likeness (QED) is 0.865. The Balaban J connectivity index is 2.54. The summed E-state index contributed by atoms with van der Waals surface area (Å²) in [5.74, 6) is -0.519. The van der Waals surface area contributed by atoms with E-state index in [0.29, 0.717) is 18.8 Å². The minimum absolute atomic E-state index is 0.0519. The smallest absolute Gasteiger partial charge is 0.315 e. The van der Waals surface area contributed by atoms with Gasteiger partial charge in [0, 0.05) is 31.7 Å². The molecule has 0 spiro atoms. The van der Waals surface area contributed by atoms with Crippen LogP contribution in [0.25, 0.3) is 0 Å². The molecule has 0 aliphatic carbocycles. The highest BCUT2D eigenvalue weighted by atomic mass is 19.1. The Morgan fingerprint density at radius 2 is 1.85 bits per heavy atom. The van der Waals surface area contributed by atoms with E-state index in [1.807, 2.05) is 13.8 Å². The highest BCUT2D eigenvalue weighted by Crippen LogP contribution is 2.14. The van der Waals surface area contributed by atoms with Crippen LogP contribution in [0, 0.1) is 5.82 Å². The Labute approximate surface area is 118 Å². The molecule has 5 nitrogen and oxygen atoms in total. The molecule has 0 bridgehead atoms. The molecule has 0 aliphatic rings. The summed E-state index contributed by atoms with van der Waals surface area (Å²) in [6, 6.07) is 5.43. The van der Waals surface area contributed by atoms with Gasteiger partial charge in [0.25, 0.3) is 0 Å². The van der Waals surface area contributed by atoms with Crippen molar-refractivity contribution in [2.24, 2.45) is 0 Å². The van der Waals surface area contributed by atoms with Crippen molar-refractivity contribution in [3.63, 3.8) is 0 Å². The lowest BCUT2D eigenvalue weighted by molar-refractivity contribution is -0.116. The average Bonchev–Trinajstić information content (AvgIpc) is 2.35. The zero-order valence-electron chi connectivity index (χ0n) is 11.9. The molecule has 1 rings (SSSR count). The fraction of sp³-hybridized carbons (Fsp3) is 0.429. The number of benzene rings is 1. The molecule has 1 aromatic carbocycles. The number of nitrogens with one attached hydrogen (secondary N) is 2. The first-order chi connectivity index (χ1) is 9.40. The second kappa shape index (κ2) is 7.47. The molecule has 20 heavy (non-hydrogen) atoms. The number of nitrogens with zero attached hydrogens (tertiary/aromatic N) is 1. The Morgan fingerprint density at radius 3 is 2.35 bits per heavy atom. The van der Waals surface area contributed by atoms with E-state index in [9.17, 15) is 14.0 Å². The Morgan fingerprint density at radius 1 is 1.25 bits per heavy atom. The van der Waals surface area contributed by atoms with E-state index in [-0.39, 0.29) is 23.8 Å². The average molecular weight is 281 g/mol. The largest absolute Gasteiger partial charge is 0.336 e. The lowest BCUT2D eigenvalue weighted by Gasteiger charge is -2.21. The van der Waals surface area contributed by atoms with Gasteiger partial charge in [-0.1, -0.05) is 0 Å². The zero-order chi connectivity index (χ0) is 15.1. The summed E-state index contributed by atoms with van der Waals surface area (Å²) in [6.45, 7) is 5.79. The summed E-state index contributed by atoms with van der Waals surface area (Å²) in [6.07, 6.45) is 0. The fourth-order valence-corrected chi connectivity index (χ4v) is 1.68. The fourth-order valence-electron chi connectivity index (χ4n) is 1.68. The van der Waals surface area contributed by atoms with Gasteiger partial charge in [-0.15, -0.1) is 0 Å². The lowest BCUT2D eigenvalue weighted by atomic mass is 10.2. The third-order valence-corrected chi connectivity index (χ3v) is 2.56. The molecule has 2 N–H and O–H groups in total. The lowest BCUT2D eigenvalue weighted by Crippen LogP contribution is -2.43. The topological polar surface area (TPSA) is 61.4 Å². The number of rotatable bonds is 5. The SMILES string of the molecule is CC(=O)N(CCNC(=O)NC(C)C)c1ccc(F)cc1. The first-order valence-corrected chi connectivity index (χ1v) is 6.48. The standard InChI is InChI=1S/C14H20FN3O2/c1-10(2)17-14(20)16-8-9-18(11(3)19)13-6-4-12(15)5-7-13/h4-7,10H,8-9H2,1-3H3,(H2,16,17,20). The Bertz CT molecular complexity index is 460. The van der Waals surface area contributed by atoms with Gasteiger partial charge in [-0.05, 0) is 38.1 Å². The number of carbonyl (C=O) groups is 2. The van der Waals surface area contributed by atoms with Crippen molar-refractivity contribution in [1.29, 1.82) is 0 Å². The molecular weight excluding hydrogens is 261 g/mol. The summed E-state index contributed by atoms with van der Waals surface area (Å²) in [5.41, 5.74) is 0.602. The molecule has 0 fully saturated rings. The molecule has 3 amide bonds. The monoisotopic (exact) mass is 281 g/mol. The molecule has 0 unspecified atom stereocenters. The summed E-state index contributed by atoms with van der Waals surface area (Å²) >= 11 is 0. The maximum Gasteiger partial charge on any atom is 0.315 e. The maximum absolute atomic E-state index is 12.9. The van der Waals surface area contributed by atoms with Crippen molar-refractivity contribution in [3.05, 3.63) is 30.1 Å². The predicted molar refractivity (Wildman–Crippen MR) is 76.1 cm³/mol. The van der Waals surface area contributed by atoms with Crippen molar-refractivity contribution in [2.45, 2.75) is 26.8 Å². The van der Waals surface area contributed by atoms with Crippen LogP contribution in [0.15, 0.2) is 24.3 Å². The highest BCUT2D eigenvalue weighted by Gasteiger charge is 2.11. The molecule has 0 radical (unpaired) electrons.